The van der Waals surface area contributed by atoms with Crippen molar-refractivity contribution in [2.75, 3.05) is 27.2 Å². The van der Waals surface area contributed by atoms with Crippen LogP contribution in [-0.2, 0) is 9.59 Å². The molecule has 1 heterocycles. The second-order valence-electron chi connectivity index (χ2n) is 5.96. The van der Waals surface area contributed by atoms with Crippen LogP contribution < -0.4 is 5.32 Å². The van der Waals surface area contributed by atoms with E-state index in [9.17, 15) is 9.59 Å². The van der Waals surface area contributed by atoms with E-state index in [1.807, 2.05) is 27.9 Å². The van der Waals surface area contributed by atoms with Crippen molar-refractivity contribution in [3.05, 3.63) is 0 Å². The summed E-state index contributed by atoms with van der Waals surface area (Å²) in [6.45, 7) is 7.41. The number of unbranched alkanes of at least 4 members (excludes halogenated alkanes) is 1. The van der Waals surface area contributed by atoms with Crippen LogP contribution in [0.1, 0.15) is 33.6 Å². The molecule has 0 radical (unpaired) electrons. The van der Waals surface area contributed by atoms with Gasteiger partial charge in [-0.15, -0.1) is 0 Å². The molecule has 0 saturated carbocycles. The van der Waals surface area contributed by atoms with Gasteiger partial charge in [-0.05, 0) is 46.3 Å². The standard InChI is InChI=1S/C14H27N3O2/c1-10(2)12-13(18)15-11(3)14(19)17(12)9-7-6-8-16(4)5/h10-12H,6-9H2,1-5H3,(H,15,18). The fraction of sp³-hybridized carbons (Fsp3) is 0.857. The maximum absolute atomic E-state index is 12.2. The quantitative estimate of drug-likeness (QED) is 0.722. The number of piperazine rings is 1. The third-order valence-electron chi connectivity index (χ3n) is 3.50. The van der Waals surface area contributed by atoms with Gasteiger partial charge in [0, 0.05) is 6.54 Å². The highest BCUT2D eigenvalue weighted by Crippen LogP contribution is 2.18. The van der Waals surface area contributed by atoms with Crippen LogP contribution in [-0.4, -0.2) is 60.9 Å². The van der Waals surface area contributed by atoms with Crippen molar-refractivity contribution >= 4 is 11.8 Å². The third kappa shape index (κ3) is 4.20. The molecule has 0 spiro atoms. The van der Waals surface area contributed by atoms with Crippen LogP contribution in [0.15, 0.2) is 0 Å². The lowest BCUT2D eigenvalue weighted by Crippen LogP contribution is -2.64. The van der Waals surface area contributed by atoms with Crippen LogP contribution in [0.4, 0.5) is 0 Å². The van der Waals surface area contributed by atoms with Crippen molar-refractivity contribution < 1.29 is 9.59 Å². The van der Waals surface area contributed by atoms with Crippen molar-refractivity contribution in [1.82, 2.24) is 15.1 Å². The molecule has 19 heavy (non-hydrogen) atoms. The predicted octanol–water partition coefficient (Wildman–Crippen LogP) is 0.700. The molecule has 2 atom stereocenters. The van der Waals surface area contributed by atoms with E-state index in [4.69, 9.17) is 0 Å². The number of carbonyl (C=O) groups is 2. The minimum atomic E-state index is -0.392. The van der Waals surface area contributed by atoms with Gasteiger partial charge >= 0.3 is 0 Å². The second-order valence-corrected chi connectivity index (χ2v) is 5.96. The fourth-order valence-corrected chi connectivity index (χ4v) is 2.51. The van der Waals surface area contributed by atoms with E-state index in [0.29, 0.717) is 6.54 Å². The normalized spacial score (nSPS) is 24.3. The zero-order valence-electron chi connectivity index (χ0n) is 12.8. The molecule has 1 fully saturated rings. The SMILES string of the molecule is CC1NC(=O)C(C(C)C)N(CCCCN(C)C)C1=O. The van der Waals surface area contributed by atoms with Crippen LogP contribution >= 0.6 is 0 Å². The van der Waals surface area contributed by atoms with Crippen LogP contribution in [0.2, 0.25) is 0 Å². The Labute approximate surface area is 116 Å². The number of nitrogens with one attached hydrogen (secondary N) is 1. The Hall–Kier alpha value is -1.10. The summed E-state index contributed by atoms with van der Waals surface area (Å²) in [5.74, 6) is 0.170. The molecule has 1 saturated heterocycles. The van der Waals surface area contributed by atoms with E-state index < -0.39 is 6.04 Å². The zero-order valence-corrected chi connectivity index (χ0v) is 12.8. The molecular weight excluding hydrogens is 242 g/mol. The van der Waals surface area contributed by atoms with Crippen LogP contribution in [0, 0.1) is 5.92 Å². The molecule has 0 aromatic heterocycles. The average Bonchev–Trinajstić information content (AvgIpc) is 2.29. The van der Waals surface area contributed by atoms with Gasteiger partial charge in [0.2, 0.25) is 11.8 Å². The fourth-order valence-electron chi connectivity index (χ4n) is 2.51. The number of amides is 2. The molecule has 0 aromatic rings. The smallest absolute Gasteiger partial charge is 0.245 e. The molecule has 0 aliphatic carbocycles. The Kier molecular flexibility index (Phi) is 5.79. The molecule has 2 unspecified atom stereocenters. The molecule has 0 aromatic carbocycles. The van der Waals surface area contributed by atoms with Crippen molar-refractivity contribution in [3.8, 4) is 0 Å². The van der Waals surface area contributed by atoms with Crippen molar-refractivity contribution in [2.45, 2.75) is 45.7 Å². The predicted molar refractivity (Wildman–Crippen MR) is 75.7 cm³/mol. The van der Waals surface area contributed by atoms with Crippen LogP contribution in [0.3, 0.4) is 0 Å². The molecule has 0 bridgehead atoms. The Balaban J connectivity index is 2.62. The summed E-state index contributed by atoms with van der Waals surface area (Å²) >= 11 is 0. The number of nitrogens with zero attached hydrogens (tertiary/aromatic N) is 2. The molecule has 1 rings (SSSR count). The summed E-state index contributed by atoms with van der Waals surface area (Å²) in [6, 6.07) is -0.709. The molecule has 1 N–H and O–H groups in total. The Morgan fingerprint density at radius 3 is 2.42 bits per heavy atom. The van der Waals surface area contributed by atoms with Crippen molar-refractivity contribution in [2.24, 2.45) is 5.92 Å². The summed E-state index contributed by atoms with van der Waals surface area (Å²) < 4.78 is 0. The largest absolute Gasteiger partial charge is 0.343 e. The summed E-state index contributed by atoms with van der Waals surface area (Å²) in [4.78, 5) is 28.1. The second kappa shape index (κ2) is 6.89. The third-order valence-corrected chi connectivity index (χ3v) is 3.50. The first kappa shape index (κ1) is 16.0. The summed E-state index contributed by atoms with van der Waals surface area (Å²) in [7, 11) is 4.08. The Morgan fingerprint density at radius 1 is 1.26 bits per heavy atom. The monoisotopic (exact) mass is 269 g/mol. The molecule has 2 amide bonds. The molecular formula is C14H27N3O2. The van der Waals surface area contributed by atoms with E-state index in [1.54, 1.807) is 11.8 Å². The van der Waals surface area contributed by atoms with E-state index in [-0.39, 0.29) is 23.8 Å². The van der Waals surface area contributed by atoms with Crippen molar-refractivity contribution in [1.29, 1.82) is 0 Å². The zero-order chi connectivity index (χ0) is 14.6. The first-order valence-electron chi connectivity index (χ1n) is 7.10. The minimum absolute atomic E-state index is 0.0188. The van der Waals surface area contributed by atoms with Gasteiger partial charge in [0.1, 0.15) is 12.1 Å². The number of carbonyl (C=O) groups excluding carboxylic acids is 2. The first-order chi connectivity index (χ1) is 8.84. The molecule has 1 aliphatic rings. The maximum atomic E-state index is 12.2. The summed E-state index contributed by atoms with van der Waals surface area (Å²) in [6.07, 6.45) is 1.98. The first-order valence-corrected chi connectivity index (χ1v) is 7.10. The average molecular weight is 269 g/mol. The summed E-state index contributed by atoms with van der Waals surface area (Å²) in [5, 5.41) is 2.76. The van der Waals surface area contributed by atoms with Gasteiger partial charge in [0.05, 0.1) is 0 Å². The molecule has 5 nitrogen and oxygen atoms in total. The minimum Gasteiger partial charge on any atom is -0.343 e. The Morgan fingerprint density at radius 2 is 1.89 bits per heavy atom. The maximum Gasteiger partial charge on any atom is 0.245 e. The van der Waals surface area contributed by atoms with Crippen LogP contribution in [0.5, 0.6) is 0 Å². The molecule has 5 heteroatoms. The highest BCUT2D eigenvalue weighted by molar-refractivity contribution is 5.96. The van der Waals surface area contributed by atoms with Gasteiger partial charge in [-0.1, -0.05) is 13.8 Å². The van der Waals surface area contributed by atoms with Gasteiger partial charge in [0.15, 0.2) is 0 Å². The lowest BCUT2D eigenvalue weighted by atomic mass is 9.97. The lowest BCUT2D eigenvalue weighted by molar-refractivity contribution is -0.150. The lowest BCUT2D eigenvalue weighted by Gasteiger charge is -2.40. The van der Waals surface area contributed by atoms with E-state index in [2.05, 4.69) is 10.2 Å². The van der Waals surface area contributed by atoms with Crippen molar-refractivity contribution in [3.63, 3.8) is 0 Å². The van der Waals surface area contributed by atoms with E-state index >= 15 is 0 Å². The van der Waals surface area contributed by atoms with Gasteiger partial charge < -0.3 is 15.1 Å². The number of rotatable bonds is 6. The van der Waals surface area contributed by atoms with Gasteiger partial charge in [-0.3, -0.25) is 9.59 Å². The van der Waals surface area contributed by atoms with Gasteiger partial charge in [-0.25, -0.2) is 0 Å². The number of hydrogen-bond donors (Lipinski definition) is 1. The van der Waals surface area contributed by atoms with E-state index in [1.165, 1.54) is 0 Å². The van der Waals surface area contributed by atoms with Crippen LogP contribution in [0.25, 0.3) is 0 Å². The summed E-state index contributed by atoms with van der Waals surface area (Å²) in [5.41, 5.74) is 0. The Bertz CT molecular complexity index is 329. The van der Waals surface area contributed by atoms with E-state index in [0.717, 1.165) is 19.4 Å². The highest BCUT2D eigenvalue weighted by Gasteiger charge is 2.39. The topological polar surface area (TPSA) is 52.7 Å². The van der Waals surface area contributed by atoms with Gasteiger partial charge in [0.25, 0.3) is 0 Å². The molecule has 1 aliphatic heterocycles. The van der Waals surface area contributed by atoms with Gasteiger partial charge in [-0.2, -0.15) is 0 Å². The number of hydrogen-bond acceptors (Lipinski definition) is 3. The molecule has 110 valence electrons. The highest BCUT2D eigenvalue weighted by atomic mass is 16.2.